The van der Waals surface area contributed by atoms with Crippen LogP contribution in [0.3, 0.4) is 0 Å². The molecule has 8 heteroatoms. The number of pyridine rings is 1. The first-order valence-electron chi connectivity index (χ1n) is 14.2. The maximum atomic E-state index is 15.3. The molecule has 3 atom stereocenters. The Labute approximate surface area is 223 Å². The number of aryl methyl sites for hydroxylation is 2. The lowest BCUT2D eigenvalue weighted by Crippen LogP contribution is -2.34. The van der Waals surface area contributed by atoms with Gasteiger partial charge in [-0.25, -0.2) is 13.8 Å². The summed E-state index contributed by atoms with van der Waals surface area (Å²) in [6, 6.07) is 7.78. The van der Waals surface area contributed by atoms with Crippen LogP contribution in [0.1, 0.15) is 79.3 Å². The van der Waals surface area contributed by atoms with Crippen LogP contribution in [0.15, 0.2) is 30.3 Å². The monoisotopic (exact) mass is 527 g/mol. The van der Waals surface area contributed by atoms with Gasteiger partial charge in [0.1, 0.15) is 23.8 Å². The molecule has 6 nitrogen and oxygen atoms in total. The second-order valence-corrected chi connectivity index (χ2v) is 11.0. The molecule has 206 valence electrons. The molecule has 1 aromatic heterocycles. The molecule has 0 amide bonds. The molecular weight excluding hydrogens is 488 g/mol. The predicted molar refractivity (Wildman–Crippen MR) is 143 cm³/mol. The van der Waals surface area contributed by atoms with Gasteiger partial charge in [-0.3, -0.25) is 9.69 Å². The van der Waals surface area contributed by atoms with Gasteiger partial charge in [0.15, 0.2) is 0 Å². The van der Waals surface area contributed by atoms with Gasteiger partial charge in [-0.15, -0.1) is 0 Å². The third kappa shape index (κ3) is 6.34. The number of aromatic nitrogens is 1. The van der Waals surface area contributed by atoms with Gasteiger partial charge < -0.3 is 15.2 Å². The number of fused-ring (bicyclic) bond motifs is 1. The number of nitrogens with zero attached hydrogens (tertiary/aromatic N) is 2. The number of likely N-dealkylation sites (tertiary alicyclic amines) is 1. The zero-order chi connectivity index (χ0) is 26.5. The van der Waals surface area contributed by atoms with Crippen LogP contribution in [0.2, 0.25) is 0 Å². The number of carboxylic acids is 1. The molecule has 38 heavy (non-hydrogen) atoms. The Kier molecular flexibility index (Phi) is 8.89. The van der Waals surface area contributed by atoms with E-state index in [0.29, 0.717) is 44.7 Å². The van der Waals surface area contributed by atoms with Crippen molar-refractivity contribution in [3.05, 3.63) is 58.5 Å². The van der Waals surface area contributed by atoms with Crippen LogP contribution in [0.25, 0.3) is 0 Å². The van der Waals surface area contributed by atoms with Gasteiger partial charge in [0, 0.05) is 37.9 Å². The van der Waals surface area contributed by atoms with Gasteiger partial charge in [0.25, 0.3) is 0 Å². The van der Waals surface area contributed by atoms with Crippen molar-refractivity contribution in [2.75, 3.05) is 38.2 Å². The van der Waals surface area contributed by atoms with Crippen molar-refractivity contribution in [3.8, 4) is 0 Å². The number of ether oxygens (including phenoxy) is 1. The second-order valence-electron chi connectivity index (χ2n) is 11.0. The molecule has 0 radical (unpaired) electrons. The molecule has 0 bridgehead atoms. The van der Waals surface area contributed by atoms with E-state index in [1.165, 1.54) is 17.7 Å². The second kappa shape index (κ2) is 12.5. The van der Waals surface area contributed by atoms with E-state index in [-0.39, 0.29) is 11.8 Å². The first-order valence-corrected chi connectivity index (χ1v) is 14.2. The van der Waals surface area contributed by atoms with E-state index in [2.05, 4.69) is 17.4 Å². The minimum absolute atomic E-state index is 0.147. The van der Waals surface area contributed by atoms with Crippen LogP contribution in [-0.2, 0) is 22.4 Å². The van der Waals surface area contributed by atoms with Crippen LogP contribution in [0, 0.1) is 11.7 Å². The number of halogens is 2. The van der Waals surface area contributed by atoms with Crippen molar-refractivity contribution in [2.45, 2.75) is 75.9 Å². The molecule has 2 fully saturated rings. The standard InChI is InChI=1S/C30H39F2N3O3/c31-23-8-10-25(20-12-16-38-17-13-20)26(18-23)28(30(36)37)35-15-11-22(19-35)27(32)6-2-1-5-24-9-7-21-4-3-14-33-29(21)34-24/h7-10,18,20,22,27-28H,1-6,11-17,19H2,(H,33,34)(H,36,37)/t22-,27-,28+/m1/s1. The van der Waals surface area contributed by atoms with Gasteiger partial charge in [0.05, 0.1) is 0 Å². The summed E-state index contributed by atoms with van der Waals surface area (Å²) in [5, 5.41) is 13.6. The normalized spacial score (nSPS) is 22.0. The van der Waals surface area contributed by atoms with Gasteiger partial charge in [-0.1, -0.05) is 18.6 Å². The maximum Gasteiger partial charge on any atom is 0.325 e. The highest BCUT2D eigenvalue weighted by Gasteiger charge is 2.38. The molecule has 0 unspecified atom stereocenters. The molecule has 2 aromatic rings. The third-order valence-electron chi connectivity index (χ3n) is 8.49. The summed E-state index contributed by atoms with van der Waals surface area (Å²) in [7, 11) is 0. The molecule has 2 N–H and O–H groups in total. The van der Waals surface area contributed by atoms with Crippen LogP contribution >= 0.6 is 0 Å². The van der Waals surface area contributed by atoms with Crippen LogP contribution in [-0.4, -0.2) is 60.0 Å². The molecular formula is C30H39F2N3O3. The smallest absolute Gasteiger partial charge is 0.325 e. The summed E-state index contributed by atoms with van der Waals surface area (Å²) >= 11 is 0. The molecule has 3 aliphatic rings. The molecule has 0 aliphatic carbocycles. The Morgan fingerprint density at radius 1 is 1.18 bits per heavy atom. The van der Waals surface area contributed by atoms with Crippen LogP contribution in [0.4, 0.5) is 14.6 Å². The molecule has 4 heterocycles. The summed E-state index contributed by atoms with van der Waals surface area (Å²) in [4.78, 5) is 19.0. The number of alkyl halides is 1. The fourth-order valence-corrected chi connectivity index (χ4v) is 6.38. The Morgan fingerprint density at radius 2 is 2.03 bits per heavy atom. The van der Waals surface area contributed by atoms with Crippen LogP contribution in [0.5, 0.6) is 0 Å². The predicted octanol–water partition coefficient (Wildman–Crippen LogP) is 5.67. The first-order chi connectivity index (χ1) is 18.5. The van der Waals surface area contributed by atoms with Gasteiger partial charge >= 0.3 is 5.97 Å². The Balaban J connectivity index is 1.16. The number of aliphatic carboxylic acids is 1. The number of benzene rings is 1. The Morgan fingerprint density at radius 3 is 2.84 bits per heavy atom. The lowest BCUT2D eigenvalue weighted by atomic mass is 9.85. The number of hydrogen-bond acceptors (Lipinski definition) is 5. The van der Waals surface area contributed by atoms with E-state index in [0.717, 1.165) is 68.6 Å². The van der Waals surface area contributed by atoms with E-state index in [4.69, 9.17) is 9.72 Å². The topological polar surface area (TPSA) is 74.7 Å². The molecule has 3 aliphatic heterocycles. The molecule has 1 aromatic carbocycles. The summed E-state index contributed by atoms with van der Waals surface area (Å²) < 4.78 is 35.0. The number of hydrogen-bond donors (Lipinski definition) is 2. The Bertz CT molecular complexity index is 1110. The van der Waals surface area contributed by atoms with Crippen molar-refractivity contribution >= 4 is 11.8 Å². The zero-order valence-electron chi connectivity index (χ0n) is 22.0. The average Bonchev–Trinajstić information content (AvgIpc) is 3.41. The number of carboxylic acid groups (broad SMARTS) is 1. The number of rotatable bonds is 10. The summed E-state index contributed by atoms with van der Waals surface area (Å²) in [5.41, 5.74) is 3.70. The molecule has 0 saturated carbocycles. The van der Waals surface area contributed by atoms with E-state index in [1.807, 2.05) is 4.90 Å². The van der Waals surface area contributed by atoms with Crippen molar-refractivity contribution < 1.29 is 23.4 Å². The summed E-state index contributed by atoms with van der Waals surface area (Å²) in [5.74, 6) is -0.510. The maximum absolute atomic E-state index is 15.3. The largest absolute Gasteiger partial charge is 0.480 e. The Hall–Kier alpha value is -2.58. The van der Waals surface area contributed by atoms with E-state index >= 15 is 4.39 Å². The quantitative estimate of drug-likeness (QED) is 0.388. The minimum Gasteiger partial charge on any atom is -0.480 e. The highest BCUT2D eigenvalue weighted by molar-refractivity contribution is 5.76. The van der Waals surface area contributed by atoms with Gasteiger partial charge in [0.2, 0.25) is 0 Å². The number of carbonyl (C=O) groups is 1. The van der Waals surface area contributed by atoms with E-state index in [9.17, 15) is 14.3 Å². The SMILES string of the molecule is O=C(O)[C@H](c1cc(F)ccc1C1CCOCC1)N1CC[C@@H]([C@H](F)CCCCc2ccc3c(n2)NCCC3)C1. The average molecular weight is 528 g/mol. The molecule has 5 rings (SSSR count). The van der Waals surface area contributed by atoms with Gasteiger partial charge in [-0.2, -0.15) is 0 Å². The zero-order valence-corrected chi connectivity index (χ0v) is 22.0. The van der Waals surface area contributed by atoms with Crippen molar-refractivity contribution in [1.29, 1.82) is 0 Å². The highest BCUT2D eigenvalue weighted by atomic mass is 19.1. The first kappa shape index (κ1) is 27.0. The fourth-order valence-electron chi connectivity index (χ4n) is 6.38. The van der Waals surface area contributed by atoms with Gasteiger partial charge in [-0.05, 0) is 98.7 Å². The highest BCUT2D eigenvalue weighted by Crippen LogP contribution is 2.38. The number of nitrogens with one attached hydrogen (secondary N) is 1. The number of unbranched alkanes of at least 4 members (excludes halogenated alkanes) is 1. The van der Waals surface area contributed by atoms with E-state index < -0.39 is 24.0 Å². The van der Waals surface area contributed by atoms with Crippen molar-refractivity contribution in [1.82, 2.24) is 9.88 Å². The lowest BCUT2D eigenvalue weighted by molar-refractivity contribution is -0.143. The third-order valence-corrected chi connectivity index (χ3v) is 8.49. The summed E-state index contributed by atoms with van der Waals surface area (Å²) in [6.07, 6.45) is 6.35. The molecule has 2 saturated heterocycles. The van der Waals surface area contributed by atoms with Crippen LogP contribution < -0.4 is 5.32 Å². The fraction of sp³-hybridized carbons (Fsp3) is 0.600. The van der Waals surface area contributed by atoms with Crippen molar-refractivity contribution in [2.24, 2.45) is 5.92 Å². The molecule has 0 spiro atoms. The summed E-state index contributed by atoms with van der Waals surface area (Å²) in [6.45, 7) is 3.07. The van der Waals surface area contributed by atoms with Crippen molar-refractivity contribution in [3.63, 3.8) is 0 Å². The number of anilines is 1. The minimum atomic E-state index is -1.01. The van der Waals surface area contributed by atoms with E-state index in [1.54, 1.807) is 6.07 Å². The lowest BCUT2D eigenvalue weighted by Gasteiger charge is -2.30.